The second kappa shape index (κ2) is 7.98. The van der Waals surface area contributed by atoms with Gasteiger partial charge in [-0.2, -0.15) is 0 Å². The molecule has 2 heterocycles. The van der Waals surface area contributed by atoms with Gasteiger partial charge in [-0.15, -0.1) is 0 Å². The third-order valence-electron chi connectivity index (χ3n) is 4.18. The summed E-state index contributed by atoms with van der Waals surface area (Å²) >= 11 is 0. The van der Waals surface area contributed by atoms with Crippen molar-refractivity contribution in [3.05, 3.63) is 24.5 Å². The van der Waals surface area contributed by atoms with Gasteiger partial charge < -0.3 is 15.1 Å². The van der Waals surface area contributed by atoms with E-state index in [2.05, 4.69) is 27.3 Å². The normalized spacial score (nSPS) is 16.0. The van der Waals surface area contributed by atoms with E-state index in [4.69, 9.17) is 0 Å². The molecule has 0 spiro atoms. The van der Waals surface area contributed by atoms with E-state index in [0.717, 1.165) is 39.0 Å². The Labute approximate surface area is 127 Å². The molecule has 0 unspecified atom stereocenters. The molecular formula is C16H26N4O. The number of anilines is 1. The molecule has 1 aliphatic rings. The van der Waals surface area contributed by atoms with Crippen LogP contribution in [-0.4, -0.2) is 54.6 Å². The Kier molecular flexibility index (Phi) is 5.99. The molecule has 1 N–H and O–H groups in total. The number of nitrogens with one attached hydrogen (secondary N) is 1. The van der Waals surface area contributed by atoms with Gasteiger partial charge in [-0.05, 0) is 38.8 Å². The molecule has 1 fully saturated rings. The van der Waals surface area contributed by atoms with E-state index in [-0.39, 0.29) is 5.91 Å². The molecule has 0 saturated carbocycles. The fourth-order valence-corrected chi connectivity index (χ4v) is 2.82. The van der Waals surface area contributed by atoms with Crippen LogP contribution in [0.25, 0.3) is 0 Å². The molecule has 1 amide bonds. The predicted octanol–water partition coefficient (Wildman–Crippen LogP) is 1.51. The molecular weight excluding hydrogens is 264 g/mol. The van der Waals surface area contributed by atoms with Gasteiger partial charge >= 0.3 is 0 Å². The average Bonchev–Trinajstić information content (AvgIpc) is 2.55. The lowest BCUT2D eigenvalue weighted by molar-refractivity contribution is -0.130. The summed E-state index contributed by atoms with van der Waals surface area (Å²) in [4.78, 5) is 20.3. The number of nitrogens with zero attached hydrogens (tertiary/aromatic N) is 3. The minimum Gasteiger partial charge on any atom is -0.371 e. The molecule has 116 valence electrons. The van der Waals surface area contributed by atoms with Crippen LogP contribution in [0.5, 0.6) is 0 Å². The smallest absolute Gasteiger partial charge is 0.236 e. The number of carbonyl (C=O) groups is 1. The van der Waals surface area contributed by atoms with Crippen molar-refractivity contribution in [2.75, 3.05) is 37.6 Å². The second-order valence-corrected chi connectivity index (χ2v) is 5.41. The van der Waals surface area contributed by atoms with Crippen molar-refractivity contribution >= 4 is 11.6 Å². The third-order valence-corrected chi connectivity index (χ3v) is 4.18. The monoisotopic (exact) mass is 290 g/mol. The molecule has 0 aliphatic carbocycles. The van der Waals surface area contributed by atoms with E-state index in [9.17, 15) is 4.79 Å². The number of hydrogen-bond donors (Lipinski definition) is 1. The molecule has 0 atom stereocenters. The Bertz CT molecular complexity index is 425. The van der Waals surface area contributed by atoms with Crippen LogP contribution < -0.4 is 10.2 Å². The van der Waals surface area contributed by atoms with E-state index in [1.807, 2.05) is 31.1 Å². The molecule has 1 aliphatic heterocycles. The van der Waals surface area contributed by atoms with Crippen molar-refractivity contribution < 1.29 is 4.79 Å². The number of pyridine rings is 1. The van der Waals surface area contributed by atoms with Gasteiger partial charge in [-0.1, -0.05) is 0 Å². The van der Waals surface area contributed by atoms with Crippen molar-refractivity contribution in [3.8, 4) is 0 Å². The van der Waals surface area contributed by atoms with Gasteiger partial charge in [0.15, 0.2) is 0 Å². The first-order valence-corrected chi connectivity index (χ1v) is 7.90. The van der Waals surface area contributed by atoms with Crippen molar-refractivity contribution in [1.29, 1.82) is 0 Å². The van der Waals surface area contributed by atoms with Crippen LogP contribution in [0.4, 0.5) is 5.69 Å². The minimum absolute atomic E-state index is 0.205. The zero-order chi connectivity index (χ0) is 15.1. The first-order chi connectivity index (χ1) is 10.2. The summed E-state index contributed by atoms with van der Waals surface area (Å²) in [7, 11) is 0. The quantitative estimate of drug-likeness (QED) is 0.863. The molecule has 1 aromatic rings. The number of rotatable bonds is 6. The van der Waals surface area contributed by atoms with Crippen LogP contribution in [-0.2, 0) is 4.79 Å². The maximum Gasteiger partial charge on any atom is 0.236 e. The highest BCUT2D eigenvalue weighted by Crippen LogP contribution is 2.18. The number of likely N-dealkylation sites (N-methyl/N-ethyl adjacent to an activating group) is 1. The van der Waals surface area contributed by atoms with E-state index < -0.39 is 0 Å². The zero-order valence-corrected chi connectivity index (χ0v) is 13.1. The highest BCUT2D eigenvalue weighted by atomic mass is 16.2. The Morgan fingerprint density at radius 1 is 1.29 bits per heavy atom. The highest BCUT2D eigenvalue weighted by Gasteiger charge is 2.20. The third kappa shape index (κ3) is 4.43. The summed E-state index contributed by atoms with van der Waals surface area (Å²) in [5.41, 5.74) is 1.24. The molecule has 0 bridgehead atoms. The lowest BCUT2D eigenvalue weighted by atomic mass is 10.0. The van der Waals surface area contributed by atoms with Crippen molar-refractivity contribution in [1.82, 2.24) is 15.2 Å². The van der Waals surface area contributed by atoms with Crippen molar-refractivity contribution in [3.63, 3.8) is 0 Å². The van der Waals surface area contributed by atoms with Crippen LogP contribution in [0.2, 0.25) is 0 Å². The zero-order valence-electron chi connectivity index (χ0n) is 13.1. The molecule has 0 aromatic carbocycles. The molecule has 5 heteroatoms. The molecule has 5 nitrogen and oxygen atoms in total. The number of piperidine rings is 1. The average molecular weight is 290 g/mol. The fraction of sp³-hybridized carbons (Fsp3) is 0.625. The summed E-state index contributed by atoms with van der Waals surface area (Å²) in [5.74, 6) is 0.205. The summed E-state index contributed by atoms with van der Waals surface area (Å²) in [6.45, 7) is 8.14. The summed E-state index contributed by atoms with van der Waals surface area (Å²) in [6.07, 6.45) is 5.83. The lowest BCUT2D eigenvalue weighted by Gasteiger charge is -2.34. The van der Waals surface area contributed by atoms with Crippen LogP contribution in [0.3, 0.4) is 0 Å². The van der Waals surface area contributed by atoms with Gasteiger partial charge in [-0.3, -0.25) is 9.78 Å². The van der Waals surface area contributed by atoms with Gasteiger partial charge in [0.25, 0.3) is 0 Å². The first kappa shape index (κ1) is 15.8. The van der Waals surface area contributed by atoms with E-state index in [0.29, 0.717) is 12.6 Å². The Hall–Kier alpha value is -1.62. The predicted molar refractivity (Wildman–Crippen MR) is 85.4 cm³/mol. The van der Waals surface area contributed by atoms with Crippen molar-refractivity contribution in [2.45, 2.75) is 32.7 Å². The topological polar surface area (TPSA) is 48.5 Å². The van der Waals surface area contributed by atoms with Crippen LogP contribution in [0.15, 0.2) is 24.5 Å². The van der Waals surface area contributed by atoms with Gasteiger partial charge in [-0.25, -0.2) is 0 Å². The summed E-state index contributed by atoms with van der Waals surface area (Å²) < 4.78 is 0. The Morgan fingerprint density at radius 3 is 2.48 bits per heavy atom. The maximum atomic E-state index is 12.0. The largest absolute Gasteiger partial charge is 0.371 e. The summed E-state index contributed by atoms with van der Waals surface area (Å²) in [5, 5.41) is 3.41. The van der Waals surface area contributed by atoms with Gasteiger partial charge in [0.2, 0.25) is 5.91 Å². The molecule has 1 saturated heterocycles. The van der Waals surface area contributed by atoms with Gasteiger partial charge in [0.05, 0.1) is 6.54 Å². The fourth-order valence-electron chi connectivity index (χ4n) is 2.82. The molecule has 1 aromatic heterocycles. The van der Waals surface area contributed by atoms with Crippen LogP contribution in [0, 0.1) is 0 Å². The van der Waals surface area contributed by atoms with Crippen LogP contribution >= 0.6 is 0 Å². The van der Waals surface area contributed by atoms with Crippen LogP contribution in [0.1, 0.15) is 26.7 Å². The van der Waals surface area contributed by atoms with E-state index in [1.54, 1.807) is 0 Å². The minimum atomic E-state index is 0.205. The Balaban J connectivity index is 1.73. The number of carbonyl (C=O) groups excluding carboxylic acids is 1. The maximum absolute atomic E-state index is 12.0. The SMILES string of the molecule is CCN(CC)C(=O)CNC1CCN(c2ccncc2)CC1. The molecule has 21 heavy (non-hydrogen) atoms. The lowest BCUT2D eigenvalue weighted by Crippen LogP contribution is -2.46. The molecule has 0 radical (unpaired) electrons. The van der Waals surface area contributed by atoms with Crippen molar-refractivity contribution in [2.24, 2.45) is 0 Å². The van der Waals surface area contributed by atoms with Gasteiger partial charge in [0, 0.05) is 50.3 Å². The van der Waals surface area contributed by atoms with E-state index in [1.165, 1.54) is 5.69 Å². The van der Waals surface area contributed by atoms with E-state index >= 15 is 0 Å². The number of hydrogen-bond acceptors (Lipinski definition) is 4. The first-order valence-electron chi connectivity index (χ1n) is 7.90. The Morgan fingerprint density at radius 2 is 1.90 bits per heavy atom. The standard InChI is InChI=1S/C16H26N4O/c1-3-19(4-2)16(21)13-18-14-7-11-20(12-8-14)15-5-9-17-10-6-15/h5-6,9-10,14,18H,3-4,7-8,11-13H2,1-2H3. The van der Waals surface area contributed by atoms with Gasteiger partial charge in [0.1, 0.15) is 0 Å². The molecule has 2 rings (SSSR count). The number of aromatic nitrogens is 1. The highest BCUT2D eigenvalue weighted by molar-refractivity contribution is 5.78. The number of amides is 1. The summed E-state index contributed by atoms with van der Waals surface area (Å²) in [6, 6.07) is 4.55. The second-order valence-electron chi connectivity index (χ2n) is 5.41.